The lowest BCUT2D eigenvalue weighted by Gasteiger charge is -2.24. The molecule has 0 aliphatic carbocycles. The first-order valence-electron chi connectivity index (χ1n) is 4.92. The fraction of sp³-hybridized carbons (Fsp3) is 0.500. The third-order valence-electron chi connectivity index (χ3n) is 2.37. The standard InChI is InChI=1S/C10H14N2O3S/c1-4-12(7(3)10(14)15)9(13)8-6(2)11-5-16-8/h5,7H,4H2,1-3H3,(H,14,15). The first kappa shape index (κ1) is 12.6. The number of aromatic nitrogens is 1. The van der Waals surface area contributed by atoms with Crippen molar-refractivity contribution < 1.29 is 14.7 Å². The van der Waals surface area contributed by atoms with Crippen LogP contribution in [0, 0.1) is 6.92 Å². The van der Waals surface area contributed by atoms with Gasteiger partial charge in [0, 0.05) is 6.54 Å². The summed E-state index contributed by atoms with van der Waals surface area (Å²) in [5.41, 5.74) is 2.23. The Balaban J connectivity index is 2.94. The van der Waals surface area contributed by atoms with Crippen molar-refractivity contribution >= 4 is 23.2 Å². The Morgan fingerprint density at radius 1 is 1.62 bits per heavy atom. The molecule has 0 aliphatic heterocycles. The van der Waals surface area contributed by atoms with Crippen LogP contribution < -0.4 is 0 Å². The van der Waals surface area contributed by atoms with Gasteiger partial charge in [-0.1, -0.05) is 0 Å². The van der Waals surface area contributed by atoms with Gasteiger partial charge in [0.15, 0.2) is 0 Å². The Bertz CT molecular complexity index is 403. The molecule has 0 saturated carbocycles. The van der Waals surface area contributed by atoms with Crippen molar-refractivity contribution in [3.8, 4) is 0 Å². The number of carboxylic acid groups (broad SMARTS) is 1. The van der Waals surface area contributed by atoms with E-state index in [0.29, 0.717) is 17.1 Å². The molecular weight excluding hydrogens is 228 g/mol. The van der Waals surface area contributed by atoms with E-state index in [1.165, 1.54) is 23.2 Å². The molecule has 0 aliphatic rings. The summed E-state index contributed by atoms with van der Waals surface area (Å²) in [5.74, 6) is -1.27. The van der Waals surface area contributed by atoms with Gasteiger partial charge in [-0.2, -0.15) is 0 Å². The fourth-order valence-electron chi connectivity index (χ4n) is 1.36. The number of amides is 1. The van der Waals surface area contributed by atoms with Crippen molar-refractivity contribution in [3.05, 3.63) is 16.1 Å². The molecular formula is C10H14N2O3S. The highest BCUT2D eigenvalue weighted by atomic mass is 32.1. The molecule has 0 bridgehead atoms. The molecule has 16 heavy (non-hydrogen) atoms. The van der Waals surface area contributed by atoms with E-state index in [-0.39, 0.29) is 5.91 Å². The van der Waals surface area contributed by atoms with Gasteiger partial charge < -0.3 is 10.0 Å². The minimum Gasteiger partial charge on any atom is -0.480 e. The van der Waals surface area contributed by atoms with Gasteiger partial charge in [0.25, 0.3) is 5.91 Å². The van der Waals surface area contributed by atoms with E-state index in [1.807, 2.05) is 0 Å². The number of rotatable bonds is 4. The maximum atomic E-state index is 12.0. The molecule has 1 atom stereocenters. The monoisotopic (exact) mass is 242 g/mol. The van der Waals surface area contributed by atoms with Gasteiger partial charge in [0.2, 0.25) is 0 Å². The summed E-state index contributed by atoms with van der Waals surface area (Å²) < 4.78 is 0. The zero-order valence-corrected chi connectivity index (χ0v) is 10.2. The second-order valence-electron chi connectivity index (χ2n) is 3.37. The maximum absolute atomic E-state index is 12.0. The molecule has 0 radical (unpaired) electrons. The predicted molar refractivity (Wildman–Crippen MR) is 60.7 cm³/mol. The van der Waals surface area contributed by atoms with Crippen LogP contribution in [-0.2, 0) is 4.79 Å². The number of nitrogens with zero attached hydrogens (tertiary/aromatic N) is 2. The number of aliphatic carboxylic acids is 1. The molecule has 6 heteroatoms. The molecule has 0 spiro atoms. The summed E-state index contributed by atoms with van der Waals surface area (Å²) in [4.78, 5) is 28.7. The minimum atomic E-state index is -1.00. The molecule has 1 amide bonds. The number of aryl methyl sites for hydroxylation is 1. The normalized spacial score (nSPS) is 12.2. The van der Waals surface area contributed by atoms with Crippen LogP contribution in [0.1, 0.15) is 29.2 Å². The smallest absolute Gasteiger partial charge is 0.326 e. The van der Waals surface area contributed by atoms with E-state index in [2.05, 4.69) is 4.98 Å². The van der Waals surface area contributed by atoms with Crippen LogP contribution in [0.3, 0.4) is 0 Å². The van der Waals surface area contributed by atoms with Gasteiger partial charge in [0.1, 0.15) is 10.9 Å². The Labute approximate surface area is 97.7 Å². The topological polar surface area (TPSA) is 70.5 Å². The van der Waals surface area contributed by atoms with Crippen LogP contribution in [0.4, 0.5) is 0 Å². The average molecular weight is 242 g/mol. The molecule has 88 valence electrons. The number of likely N-dealkylation sites (N-methyl/N-ethyl adjacent to an activating group) is 1. The van der Waals surface area contributed by atoms with Gasteiger partial charge in [-0.25, -0.2) is 9.78 Å². The number of carboxylic acids is 1. The lowest BCUT2D eigenvalue weighted by atomic mass is 10.2. The van der Waals surface area contributed by atoms with Crippen molar-refractivity contribution in [2.45, 2.75) is 26.8 Å². The van der Waals surface area contributed by atoms with E-state index in [1.54, 1.807) is 19.4 Å². The van der Waals surface area contributed by atoms with Crippen LogP contribution in [0.5, 0.6) is 0 Å². The first-order chi connectivity index (χ1) is 7.49. The predicted octanol–water partition coefficient (Wildman–Crippen LogP) is 1.39. The minimum absolute atomic E-state index is 0.266. The number of carbonyl (C=O) groups is 2. The Hall–Kier alpha value is -1.43. The van der Waals surface area contributed by atoms with Crippen LogP contribution in [-0.4, -0.2) is 39.5 Å². The Kier molecular flexibility index (Phi) is 4.00. The largest absolute Gasteiger partial charge is 0.480 e. The highest BCUT2D eigenvalue weighted by Gasteiger charge is 2.26. The van der Waals surface area contributed by atoms with E-state index in [0.717, 1.165) is 0 Å². The van der Waals surface area contributed by atoms with E-state index in [9.17, 15) is 9.59 Å². The quantitative estimate of drug-likeness (QED) is 0.866. The third-order valence-corrected chi connectivity index (χ3v) is 3.28. The molecule has 1 heterocycles. The SMILES string of the molecule is CCN(C(=O)c1scnc1C)C(C)C(=O)O. The summed E-state index contributed by atoms with van der Waals surface area (Å²) in [7, 11) is 0. The maximum Gasteiger partial charge on any atom is 0.326 e. The second-order valence-corrected chi connectivity index (χ2v) is 4.23. The van der Waals surface area contributed by atoms with E-state index in [4.69, 9.17) is 5.11 Å². The van der Waals surface area contributed by atoms with Gasteiger partial charge in [-0.05, 0) is 20.8 Å². The van der Waals surface area contributed by atoms with Gasteiger partial charge in [-0.15, -0.1) is 11.3 Å². The lowest BCUT2D eigenvalue weighted by molar-refractivity contribution is -0.141. The van der Waals surface area contributed by atoms with Crippen molar-refractivity contribution in [1.29, 1.82) is 0 Å². The zero-order valence-electron chi connectivity index (χ0n) is 9.43. The number of hydrogen-bond acceptors (Lipinski definition) is 4. The van der Waals surface area contributed by atoms with Crippen LogP contribution in [0.25, 0.3) is 0 Å². The molecule has 0 saturated heterocycles. The number of thiazole rings is 1. The summed E-state index contributed by atoms with van der Waals surface area (Å²) >= 11 is 1.24. The molecule has 0 fully saturated rings. The summed E-state index contributed by atoms with van der Waals surface area (Å²) in [6, 6.07) is -0.820. The van der Waals surface area contributed by atoms with Gasteiger partial charge >= 0.3 is 5.97 Å². The van der Waals surface area contributed by atoms with Crippen LogP contribution in [0.15, 0.2) is 5.51 Å². The zero-order chi connectivity index (χ0) is 12.3. The third kappa shape index (κ3) is 2.38. The summed E-state index contributed by atoms with van der Waals surface area (Å²) in [6.07, 6.45) is 0. The summed E-state index contributed by atoms with van der Waals surface area (Å²) in [6.45, 7) is 5.36. The van der Waals surface area contributed by atoms with Crippen LogP contribution >= 0.6 is 11.3 Å². The molecule has 1 aromatic rings. The Morgan fingerprint density at radius 3 is 2.62 bits per heavy atom. The highest BCUT2D eigenvalue weighted by Crippen LogP contribution is 2.16. The Morgan fingerprint density at radius 2 is 2.25 bits per heavy atom. The molecule has 1 rings (SSSR count). The lowest BCUT2D eigenvalue weighted by Crippen LogP contribution is -2.43. The first-order valence-corrected chi connectivity index (χ1v) is 5.80. The highest BCUT2D eigenvalue weighted by molar-refractivity contribution is 7.11. The van der Waals surface area contributed by atoms with Gasteiger partial charge in [-0.3, -0.25) is 4.79 Å². The number of carbonyl (C=O) groups excluding carboxylic acids is 1. The van der Waals surface area contributed by atoms with Gasteiger partial charge in [0.05, 0.1) is 11.2 Å². The second kappa shape index (κ2) is 5.07. The van der Waals surface area contributed by atoms with Crippen molar-refractivity contribution in [2.24, 2.45) is 0 Å². The average Bonchev–Trinajstić information content (AvgIpc) is 2.64. The number of hydrogen-bond donors (Lipinski definition) is 1. The molecule has 5 nitrogen and oxygen atoms in total. The van der Waals surface area contributed by atoms with Crippen molar-refractivity contribution in [1.82, 2.24) is 9.88 Å². The van der Waals surface area contributed by atoms with Crippen molar-refractivity contribution in [3.63, 3.8) is 0 Å². The fourth-order valence-corrected chi connectivity index (χ4v) is 2.12. The molecule has 1 unspecified atom stereocenters. The van der Waals surface area contributed by atoms with E-state index < -0.39 is 12.0 Å². The van der Waals surface area contributed by atoms with E-state index >= 15 is 0 Å². The molecule has 1 aromatic heterocycles. The van der Waals surface area contributed by atoms with Crippen molar-refractivity contribution in [2.75, 3.05) is 6.54 Å². The molecule has 1 N–H and O–H groups in total. The molecule has 0 aromatic carbocycles. The summed E-state index contributed by atoms with van der Waals surface area (Å²) in [5, 5.41) is 8.89. The van der Waals surface area contributed by atoms with Crippen LogP contribution in [0.2, 0.25) is 0 Å².